The lowest BCUT2D eigenvalue weighted by Gasteiger charge is -2.39. The zero-order valence-electron chi connectivity index (χ0n) is 23.3. The minimum Gasteiger partial charge on any atom is -0.456 e. The van der Waals surface area contributed by atoms with Crippen LogP contribution in [-0.4, -0.2) is 29.2 Å². The van der Waals surface area contributed by atoms with Crippen molar-refractivity contribution in [3.8, 4) is 23.2 Å². The lowest BCUT2D eigenvalue weighted by molar-refractivity contribution is -0.0694. The van der Waals surface area contributed by atoms with Gasteiger partial charge in [-0.1, -0.05) is 13.8 Å². The first-order chi connectivity index (χ1) is 19.8. The van der Waals surface area contributed by atoms with E-state index in [1.165, 1.54) is 12.2 Å². The predicted molar refractivity (Wildman–Crippen MR) is 155 cm³/mol. The Hall–Kier alpha value is -4.38. The molecule has 1 aromatic carbocycles. The summed E-state index contributed by atoms with van der Waals surface area (Å²) in [6, 6.07) is 11.0. The minimum absolute atomic E-state index is 0.0429. The van der Waals surface area contributed by atoms with Crippen LogP contribution in [0.1, 0.15) is 54.5 Å². The number of hydrogen-bond donors (Lipinski definition) is 0. The average molecular weight is 557 g/mol. The normalized spacial score (nSPS) is 16.9. The number of allylic oxidation sites excluding steroid dienone is 5. The third kappa shape index (κ3) is 5.62. The molecule has 210 valence electrons. The molecule has 0 N–H and O–H groups in total. The number of hydrogen-bond acceptors (Lipinski definition) is 5. The molecule has 0 saturated heterocycles. The molecule has 3 aliphatic heterocycles. The highest BCUT2D eigenvalue weighted by Gasteiger charge is 2.41. The van der Waals surface area contributed by atoms with Gasteiger partial charge < -0.3 is 9.64 Å². The number of anilines is 1. The molecule has 2 aromatic heterocycles. The van der Waals surface area contributed by atoms with Crippen LogP contribution in [-0.2, 0) is 12.8 Å². The van der Waals surface area contributed by atoms with Crippen molar-refractivity contribution in [1.82, 2.24) is 9.97 Å². The summed E-state index contributed by atoms with van der Waals surface area (Å²) in [5.74, 6) is 0.325. The topological polar surface area (TPSA) is 62.0 Å². The highest BCUT2D eigenvalue weighted by molar-refractivity contribution is 5.85. The van der Waals surface area contributed by atoms with Crippen molar-refractivity contribution in [2.45, 2.75) is 52.6 Å². The number of halogens is 3. The van der Waals surface area contributed by atoms with Gasteiger partial charge in [-0.3, -0.25) is 9.97 Å². The van der Waals surface area contributed by atoms with Crippen molar-refractivity contribution in [2.24, 2.45) is 0 Å². The summed E-state index contributed by atoms with van der Waals surface area (Å²) in [5, 5.41) is 9.88. The van der Waals surface area contributed by atoms with E-state index in [2.05, 4.69) is 20.9 Å². The van der Waals surface area contributed by atoms with E-state index in [4.69, 9.17) is 4.74 Å². The lowest BCUT2D eigenvalue weighted by Crippen LogP contribution is -2.35. The number of ether oxygens (including phenoxy) is 1. The van der Waals surface area contributed by atoms with Gasteiger partial charge in [-0.2, -0.15) is 18.4 Å². The van der Waals surface area contributed by atoms with E-state index < -0.39 is 11.7 Å². The maximum absolute atomic E-state index is 14.3. The molecule has 41 heavy (non-hydrogen) atoms. The molecule has 0 amide bonds. The van der Waals surface area contributed by atoms with Crippen LogP contribution in [0.15, 0.2) is 66.7 Å². The fraction of sp³-hybridized carbons (Fsp3) is 0.303. The van der Waals surface area contributed by atoms with E-state index in [0.717, 1.165) is 60.8 Å². The molecule has 0 fully saturated rings. The molecule has 0 saturated carbocycles. The molecule has 0 aliphatic carbocycles. The van der Waals surface area contributed by atoms with E-state index >= 15 is 0 Å². The van der Waals surface area contributed by atoms with Gasteiger partial charge in [0.05, 0.1) is 28.6 Å². The molecule has 3 aliphatic rings. The maximum atomic E-state index is 14.3. The largest absolute Gasteiger partial charge is 0.456 e. The van der Waals surface area contributed by atoms with Crippen molar-refractivity contribution in [3.05, 3.63) is 94.5 Å². The van der Waals surface area contributed by atoms with Crippen molar-refractivity contribution in [2.75, 3.05) is 18.0 Å². The SMILES string of the molecule is CC.Cc1ccnc(-c2cc(/C(C#N)=C/C=C3/C=C(C(F)(F)F)c4cc5c6c(c4O3)CCCN6CCC5)ccn2)c1. The number of benzene rings is 1. The van der Waals surface area contributed by atoms with Gasteiger partial charge in [0.15, 0.2) is 0 Å². The molecule has 0 bridgehead atoms. The van der Waals surface area contributed by atoms with Crippen molar-refractivity contribution < 1.29 is 17.9 Å². The van der Waals surface area contributed by atoms with Crippen LogP contribution in [0.5, 0.6) is 5.75 Å². The summed E-state index contributed by atoms with van der Waals surface area (Å²) in [5.41, 5.74) is 5.38. The zero-order valence-corrected chi connectivity index (χ0v) is 23.3. The van der Waals surface area contributed by atoms with Gasteiger partial charge in [0.2, 0.25) is 0 Å². The lowest BCUT2D eigenvalue weighted by atomic mass is 9.86. The molecule has 3 aromatic rings. The maximum Gasteiger partial charge on any atom is 0.417 e. The third-order valence-corrected chi connectivity index (χ3v) is 7.36. The first-order valence-corrected chi connectivity index (χ1v) is 13.9. The summed E-state index contributed by atoms with van der Waals surface area (Å²) in [6.45, 7) is 7.77. The van der Waals surface area contributed by atoms with Crippen LogP contribution >= 0.6 is 0 Å². The molecule has 0 atom stereocenters. The average Bonchev–Trinajstić information content (AvgIpc) is 2.98. The molecule has 0 spiro atoms. The Kier molecular flexibility index (Phi) is 7.98. The summed E-state index contributed by atoms with van der Waals surface area (Å²) in [7, 11) is 0. The zero-order chi connectivity index (χ0) is 29.1. The molecule has 5 heterocycles. The first kappa shape index (κ1) is 28.2. The Morgan fingerprint density at radius 2 is 1.73 bits per heavy atom. The van der Waals surface area contributed by atoms with Gasteiger partial charge in [-0.05, 0) is 97.9 Å². The van der Waals surface area contributed by atoms with E-state index in [-0.39, 0.29) is 22.6 Å². The predicted octanol–water partition coefficient (Wildman–Crippen LogP) is 8.01. The Labute approximate surface area is 238 Å². The van der Waals surface area contributed by atoms with E-state index in [9.17, 15) is 18.4 Å². The second-order valence-electron chi connectivity index (χ2n) is 10.0. The van der Waals surface area contributed by atoms with Crippen LogP contribution in [0.3, 0.4) is 0 Å². The van der Waals surface area contributed by atoms with Crippen LogP contribution in [0.4, 0.5) is 18.9 Å². The Morgan fingerprint density at radius 1 is 1.02 bits per heavy atom. The van der Waals surface area contributed by atoms with Crippen LogP contribution in [0.2, 0.25) is 0 Å². The number of fused-ring (bicyclic) bond motifs is 2. The van der Waals surface area contributed by atoms with Crippen molar-refractivity contribution in [1.29, 1.82) is 5.26 Å². The van der Waals surface area contributed by atoms with Gasteiger partial charge >= 0.3 is 6.18 Å². The monoisotopic (exact) mass is 556 g/mol. The number of rotatable bonds is 3. The van der Waals surface area contributed by atoms with Gasteiger partial charge in [-0.25, -0.2) is 0 Å². The standard InChI is InChI=1S/C31H25F3N4O.C2H6/c1-19-8-10-36-27(14-19)28-16-20(9-11-37-28)22(18-35)6-7-23-17-26(31(32,33)34)25-15-21-4-2-12-38-13-3-5-24(29(21)38)30(25)39-23;1-2/h6-11,14-17H,2-5,12-13H2,1H3;1-2H3/b22-6+,23-7-;. The van der Waals surface area contributed by atoms with E-state index in [1.807, 2.05) is 32.9 Å². The van der Waals surface area contributed by atoms with Gasteiger partial charge in [0, 0.05) is 42.3 Å². The molecule has 6 rings (SSSR count). The fourth-order valence-electron chi connectivity index (χ4n) is 5.61. The number of alkyl halides is 3. The van der Waals surface area contributed by atoms with Crippen LogP contribution in [0.25, 0.3) is 22.5 Å². The van der Waals surface area contributed by atoms with Crippen LogP contribution < -0.4 is 9.64 Å². The quantitative estimate of drug-likeness (QED) is 0.306. The van der Waals surface area contributed by atoms with Gasteiger partial charge in [0.1, 0.15) is 11.5 Å². The highest BCUT2D eigenvalue weighted by atomic mass is 19.4. The van der Waals surface area contributed by atoms with Gasteiger partial charge in [0.25, 0.3) is 0 Å². The number of nitriles is 1. The first-order valence-electron chi connectivity index (χ1n) is 13.9. The minimum atomic E-state index is -4.55. The Balaban J connectivity index is 0.00000165. The fourth-order valence-corrected chi connectivity index (χ4v) is 5.61. The highest BCUT2D eigenvalue weighted by Crippen LogP contribution is 2.50. The second-order valence-corrected chi connectivity index (χ2v) is 10.0. The number of aryl methyl sites for hydroxylation is 2. The third-order valence-electron chi connectivity index (χ3n) is 7.36. The van der Waals surface area contributed by atoms with Crippen molar-refractivity contribution in [3.63, 3.8) is 0 Å². The second kappa shape index (κ2) is 11.6. The molecule has 8 heteroatoms. The molecule has 0 unspecified atom stereocenters. The Bertz CT molecular complexity index is 1610. The molecular weight excluding hydrogens is 525 g/mol. The van der Waals surface area contributed by atoms with E-state index in [1.54, 1.807) is 30.6 Å². The molecule has 0 radical (unpaired) electrons. The van der Waals surface area contributed by atoms with Crippen molar-refractivity contribution >= 4 is 16.8 Å². The smallest absolute Gasteiger partial charge is 0.417 e. The number of pyridine rings is 2. The summed E-state index contributed by atoms with van der Waals surface area (Å²) in [4.78, 5) is 11.0. The summed E-state index contributed by atoms with van der Waals surface area (Å²) in [6.07, 6.45) is 5.92. The summed E-state index contributed by atoms with van der Waals surface area (Å²) < 4.78 is 49.0. The number of aromatic nitrogens is 2. The van der Waals surface area contributed by atoms with E-state index in [0.29, 0.717) is 23.4 Å². The number of nitrogens with zero attached hydrogens (tertiary/aromatic N) is 4. The van der Waals surface area contributed by atoms with Gasteiger partial charge in [-0.15, -0.1) is 0 Å². The summed E-state index contributed by atoms with van der Waals surface area (Å²) >= 11 is 0. The molecular formula is C33H31F3N4O. The Morgan fingerprint density at radius 3 is 2.44 bits per heavy atom. The molecule has 5 nitrogen and oxygen atoms in total. The van der Waals surface area contributed by atoms with Crippen LogP contribution in [0, 0.1) is 18.3 Å².